The van der Waals surface area contributed by atoms with Crippen LogP contribution in [0.5, 0.6) is 5.75 Å². The van der Waals surface area contributed by atoms with Crippen molar-refractivity contribution >= 4 is 16.8 Å². The lowest BCUT2D eigenvalue weighted by Gasteiger charge is -2.18. The van der Waals surface area contributed by atoms with Crippen LogP contribution in [0.2, 0.25) is 0 Å². The highest BCUT2D eigenvalue weighted by Gasteiger charge is 2.16. The van der Waals surface area contributed by atoms with Crippen molar-refractivity contribution in [2.24, 2.45) is 5.73 Å². The number of halogens is 1. The number of aromatic nitrogens is 3. The summed E-state index contributed by atoms with van der Waals surface area (Å²) in [6.07, 6.45) is 2.91. The summed E-state index contributed by atoms with van der Waals surface area (Å²) in [4.78, 5) is 23.8. The normalized spacial score (nSPS) is 11.6. The maximum Gasteiger partial charge on any atom is 0.271 e. The van der Waals surface area contributed by atoms with Crippen LogP contribution in [0.4, 0.5) is 4.39 Å². The van der Waals surface area contributed by atoms with E-state index in [0.29, 0.717) is 28.8 Å². The number of carbonyl (C=O) groups excluding carboxylic acids is 1. The molecule has 8 heteroatoms. The van der Waals surface area contributed by atoms with E-state index in [9.17, 15) is 9.18 Å². The van der Waals surface area contributed by atoms with Crippen molar-refractivity contribution in [1.29, 1.82) is 0 Å². The molecule has 0 bridgehead atoms. The maximum absolute atomic E-state index is 13.9. The second-order valence-corrected chi connectivity index (χ2v) is 6.72. The average Bonchev–Trinajstić information content (AvgIpc) is 3.01. The molecule has 0 aliphatic heterocycles. The molecule has 0 atom stereocenters. The molecule has 0 aliphatic carbocycles. The summed E-state index contributed by atoms with van der Waals surface area (Å²) in [6.45, 7) is 3.93. The van der Waals surface area contributed by atoms with Crippen LogP contribution >= 0.6 is 0 Å². The van der Waals surface area contributed by atoms with Gasteiger partial charge in [-0.2, -0.15) is 0 Å². The lowest BCUT2D eigenvalue weighted by molar-refractivity contribution is 0.0940. The molecule has 2 aromatic heterocycles. The van der Waals surface area contributed by atoms with Gasteiger partial charge in [-0.3, -0.25) is 9.78 Å². The number of nitrogens with zero attached hydrogens (tertiary/aromatic N) is 2. The number of hydrogen-bond donors (Lipinski definition) is 3. The minimum atomic E-state index is -0.527. The zero-order valence-electron chi connectivity index (χ0n) is 14.8. The molecular weight excluding hydrogens is 337 g/mol. The van der Waals surface area contributed by atoms with Gasteiger partial charge in [0.2, 0.25) is 0 Å². The highest BCUT2D eigenvalue weighted by atomic mass is 19.1. The van der Waals surface area contributed by atoms with Gasteiger partial charge in [0.05, 0.1) is 25.2 Å². The number of fused-ring (bicyclic) bond motifs is 1. The van der Waals surface area contributed by atoms with Crippen LogP contribution in [0.15, 0.2) is 30.6 Å². The zero-order valence-corrected chi connectivity index (χ0v) is 14.8. The van der Waals surface area contributed by atoms with Gasteiger partial charge in [0.25, 0.3) is 5.91 Å². The van der Waals surface area contributed by atoms with Gasteiger partial charge in [0.15, 0.2) is 11.6 Å². The molecule has 26 heavy (non-hydrogen) atoms. The number of rotatable bonds is 5. The molecule has 1 aromatic carbocycles. The fraction of sp³-hybridized carbons (Fsp3) is 0.278. The van der Waals surface area contributed by atoms with E-state index in [4.69, 9.17) is 10.5 Å². The summed E-state index contributed by atoms with van der Waals surface area (Å²) >= 11 is 0. The van der Waals surface area contributed by atoms with Crippen molar-refractivity contribution in [3.8, 4) is 17.1 Å². The third kappa shape index (κ3) is 3.80. The number of H-pyrrole nitrogens is 1. The van der Waals surface area contributed by atoms with Crippen LogP contribution in [-0.2, 0) is 0 Å². The first-order valence-electron chi connectivity index (χ1n) is 8.02. The molecule has 3 rings (SSSR count). The van der Waals surface area contributed by atoms with Crippen LogP contribution in [0.25, 0.3) is 22.3 Å². The van der Waals surface area contributed by atoms with Crippen LogP contribution in [-0.4, -0.2) is 40.1 Å². The Morgan fingerprint density at radius 3 is 2.81 bits per heavy atom. The summed E-state index contributed by atoms with van der Waals surface area (Å²) in [5, 5.41) is 3.39. The van der Waals surface area contributed by atoms with Gasteiger partial charge in [0, 0.05) is 29.1 Å². The molecule has 0 aliphatic rings. The third-order valence-corrected chi connectivity index (χ3v) is 3.74. The van der Waals surface area contributed by atoms with Gasteiger partial charge in [-0.05, 0) is 26.0 Å². The van der Waals surface area contributed by atoms with Crippen LogP contribution in [0.1, 0.15) is 24.3 Å². The van der Waals surface area contributed by atoms with Crippen molar-refractivity contribution in [3.05, 3.63) is 42.1 Å². The van der Waals surface area contributed by atoms with E-state index in [1.807, 2.05) is 13.8 Å². The van der Waals surface area contributed by atoms with E-state index in [1.54, 1.807) is 12.1 Å². The van der Waals surface area contributed by atoms with Crippen molar-refractivity contribution in [2.45, 2.75) is 19.4 Å². The Bertz CT molecular complexity index is 962. The Balaban J connectivity index is 1.90. The topological polar surface area (TPSA) is 106 Å². The molecule has 0 radical (unpaired) electrons. The Hall–Kier alpha value is -3.00. The number of benzene rings is 1. The van der Waals surface area contributed by atoms with Crippen LogP contribution in [0.3, 0.4) is 0 Å². The molecule has 2 heterocycles. The molecule has 0 fully saturated rings. The number of amides is 1. The van der Waals surface area contributed by atoms with Crippen molar-refractivity contribution in [2.75, 3.05) is 13.7 Å². The number of nitrogens with two attached hydrogens (primary N) is 1. The number of aromatic amines is 1. The van der Waals surface area contributed by atoms with Gasteiger partial charge in [-0.15, -0.1) is 0 Å². The molecule has 136 valence electrons. The molecule has 3 aromatic rings. The van der Waals surface area contributed by atoms with E-state index >= 15 is 0 Å². The Labute approximate surface area is 149 Å². The molecule has 0 saturated carbocycles. The Morgan fingerprint density at radius 1 is 1.35 bits per heavy atom. The van der Waals surface area contributed by atoms with Gasteiger partial charge in [-0.1, -0.05) is 0 Å². The summed E-state index contributed by atoms with van der Waals surface area (Å²) in [7, 11) is 1.41. The molecule has 7 nitrogen and oxygen atoms in total. The Kier molecular flexibility index (Phi) is 4.60. The summed E-state index contributed by atoms with van der Waals surface area (Å²) in [5.74, 6) is -0.662. The first-order chi connectivity index (χ1) is 12.3. The summed E-state index contributed by atoms with van der Waals surface area (Å²) < 4.78 is 18.8. The minimum absolute atomic E-state index is 0.148. The monoisotopic (exact) mass is 357 g/mol. The molecule has 0 saturated heterocycles. The standard InChI is InChI=1S/C18H20FN5O2/c1-18(2,20)9-22-17(25)15-8-21-7-14(24-15)13-5-10-4-11(19)16(26-3)6-12(10)23-13/h4-8,23H,9,20H2,1-3H3,(H,22,25). The zero-order chi connectivity index (χ0) is 18.9. The Morgan fingerprint density at radius 2 is 2.12 bits per heavy atom. The van der Waals surface area contributed by atoms with Crippen LogP contribution in [0, 0.1) is 5.82 Å². The number of ether oxygens (including phenoxy) is 1. The molecular formula is C18H20FN5O2. The van der Waals surface area contributed by atoms with E-state index in [0.717, 1.165) is 0 Å². The van der Waals surface area contributed by atoms with Crippen molar-refractivity contribution < 1.29 is 13.9 Å². The highest BCUT2D eigenvalue weighted by Crippen LogP contribution is 2.28. The van der Waals surface area contributed by atoms with Crippen LogP contribution < -0.4 is 15.8 Å². The first-order valence-corrected chi connectivity index (χ1v) is 8.02. The van der Waals surface area contributed by atoms with Gasteiger partial charge in [-0.25, -0.2) is 9.37 Å². The number of carbonyl (C=O) groups is 1. The van der Waals surface area contributed by atoms with E-state index in [1.165, 1.54) is 25.6 Å². The second-order valence-electron chi connectivity index (χ2n) is 6.72. The highest BCUT2D eigenvalue weighted by molar-refractivity contribution is 5.93. The molecule has 4 N–H and O–H groups in total. The summed E-state index contributed by atoms with van der Waals surface area (Å²) in [6, 6.07) is 4.69. The fourth-order valence-corrected chi connectivity index (χ4v) is 2.43. The quantitative estimate of drug-likeness (QED) is 0.649. The largest absolute Gasteiger partial charge is 0.494 e. The lowest BCUT2D eigenvalue weighted by atomic mass is 10.1. The van der Waals surface area contributed by atoms with E-state index in [-0.39, 0.29) is 17.4 Å². The van der Waals surface area contributed by atoms with Gasteiger partial charge < -0.3 is 20.8 Å². The number of nitrogens with one attached hydrogen (secondary N) is 2. The lowest BCUT2D eigenvalue weighted by Crippen LogP contribution is -2.45. The first kappa shape index (κ1) is 17.8. The van der Waals surface area contributed by atoms with E-state index < -0.39 is 11.4 Å². The van der Waals surface area contributed by atoms with E-state index in [2.05, 4.69) is 20.3 Å². The molecule has 0 unspecified atom stereocenters. The van der Waals surface area contributed by atoms with Crippen molar-refractivity contribution in [1.82, 2.24) is 20.3 Å². The third-order valence-electron chi connectivity index (χ3n) is 3.74. The second kappa shape index (κ2) is 6.72. The summed E-state index contributed by atoms with van der Waals surface area (Å²) in [5.41, 5.74) is 7.30. The minimum Gasteiger partial charge on any atom is -0.494 e. The smallest absolute Gasteiger partial charge is 0.271 e. The average molecular weight is 357 g/mol. The van der Waals surface area contributed by atoms with Gasteiger partial charge in [0.1, 0.15) is 11.4 Å². The number of hydrogen-bond acceptors (Lipinski definition) is 5. The van der Waals surface area contributed by atoms with Gasteiger partial charge >= 0.3 is 0 Å². The maximum atomic E-state index is 13.9. The molecule has 0 spiro atoms. The SMILES string of the molecule is COc1cc2[nH]c(-c3cncc(C(=O)NCC(C)(C)N)n3)cc2cc1F. The van der Waals surface area contributed by atoms with Crippen molar-refractivity contribution in [3.63, 3.8) is 0 Å². The predicted molar refractivity (Wildman–Crippen MR) is 96.4 cm³/mol. The number of methoxy groups -OCH3 is 1. The predicted octanol–water partition coefficient (Wildman–Crippen LogP) is 2.24. The fourth-order valence-electron chi connectivity index (χ4n) is 2.43. The molecule has 1 amide bonds.